The fraction of sp³-hybridized carbons (Fsp3) is 0.650. The van der Waals surface area contributed by atoms with Crippen LogP contribution in [-0.4, -0.2) is 42.1 Å². The summed E-state index contributed by atoms with van der Waals surface area (Å²) in [5.41, 5.74) is 0.773. The van der Waals surface area contributed by atoms with Crippen LogP contribution in [0.5, 0.6) is 5.88 Å². The Hall–Kier alpha value is -2.31. The predicted octanol–water partition coefficient (Wildman–Crippen LogP) is 2.47. The van der Waals surface area contributed by atoms with Gasteiger partial charge in [-0.3, -0.25) is 9.79 Å². The average molecular weight is 378 g/mol. The van der Waals surface area contributed by atoms with E-state index >= 15 is 0 Å². The first-order valence-corrected chi connectivity index (χ1v) is 9.46. The SMILES string of the molecule is CN=C(NCC(=O)NC(C)(C)C)NCc1ccnc(OC(C)CC(C)C)c1. The smallest absolute Gasteiger partial charge is 0.239 e. The average Bonchev–Trinajstić information content (AvgIpc) is 2.52. The van der Waals surface area contributed by atoms with Gasteiger partial charge in [0, 0.05) is 31.4 Å². The number of carbonyl (C=O) groups excluding carboxylic acids is 1. The zero-order valence-electron chi connectivity index (χ0n) is 17.7. The van der Waals surface area contributed by atoms with Gasteiger partial charge in [0.2, 0.25) is 11.8 Å². The molecular weight excluding hydrogens is 342 g/mol. The molecule has 0 spiro atoms. The van der Waals surface area contributed by atoms with Crippen molar-refractivity contribution in [1.82, 2.24) is 20.9 Å². The summed E-state index contributed by atoms with van der Waals surface area (Å²) in [6.45, 7) is 13.0. The highest BCUT2D eigenvalue weighted by Gasteiger charge is 2.13. The summed E-state index contributed by atoms with van der Waals surface area (Å²) in [5.74, 6) is 1.68. The van der Waals surface area contributed by atoms with Crippen LogP contribution < -0.4 is 20.7 Å². The van der Waals surface area contributed by atoms with E-state index in [2.05, 4.69) is 46.7 Å². The first-order chi connectivity index (χ1) is 12.6. The van der Waals surface area contributed by atoms with Crippen molar-refractivity contribution in [2.45, 2.75) is 66.2 Å². The van der Waals surface area contributed by atoms with Gasteiger partial charge in [-0.05, 0) is 51.7 Å². The third-order valence-corrected chi connectivity index (χ3v) is 3.54. The van der Waals surface area contributed by atoms with E-state index in [4.69, 9.17) is 4.74 Å². The highest BCUT2D eigenvalue weighted by molar-refractivity contribution is 5.86. The number of hydrogen-bond acceptors (Lipinski definition) is 4. The number of nitrogens with one attached hydrogen (secondary N) is 3. The standard InChI is InChI=1S/C20H35N5O2/c1-14(2)10-15(3)27-18-11-16(8-9-22-18)12-23-19(21-7)24-13-17(26)25-20(4,5)6/h8-9,11,14-15H,10,12-13H2,1-7H3,(H,25,26)(H2,21,23,24). The van der Waals surface area contributed by atoms with Gasteiger partial charge in [-0.15, -0.1) is 0 Å². The number of carbonyl (C=O) groups is 1. The van der Waals surface area contributed by atoms with E-state index in [9.17, 15) is 4.79 Å². The van der Waals surface area contributed by atoms with Crippen LogP contribution in [0.2, 0.25) is 0 Å². The quantitative estimate of drug-likeness (QED) is 0.478. The lowest BCUT2D eigenvalue weighted by Gasteiger charge is -2.21. The van der Waals surface area contributed by atoms with E-state index < -0.39 is 0 Å². The summed E-state index contributed by atoms with van der Waals surface area (Å²) < 4.78 is 5.89. The lowest BCUT2D eigenvalue weighted by atomic mass is 10.1. The first kappa shape index (κ1) is 22.7. The van der Waals surface area contributed by atoms with Gasteiger partial charge in [0.05, 0.1) is 12.6 Å². The molecule has 0 aromatic carbocycles. The molecule has 1 amide bonds. The van der Waals surface area contributed by atoms with Gasteiger partial charge in [0.25, 0.3) is 0 Å². The molecule has 0 aliphatic rings. The molecule has 0 radical (unpaired) electrons. The molecule has 7 heteroatoms. The van der Waals surface area contributed by atoms with Crippen LogP contribution in [0.3, 0.4) is 0 Å². The Morgan fingerprint density at radius 2 is 1.96 bits per heavy atom. The lowest BCUT2D eigenvalue weighted by Crippen LogP contribution is -2.48. The minimum absolute atomic E-state index is 0.0795. The Kier molecular flexibility index (Phi) is 9.05. The van der Waals surface area contributed by atoms with Gasteiger partial charge in [-0.25, -0.2) is 4.98 Å². The maximum absolute atomic E-state index is 11.9. The van der Waals surface area contributed by atoms with E-state index in [1.54, 1.807) is 13.2 Å². The maximum atomic E-state index is 11.9. The van der Waals surface area contributed by atoms with Crippen LogP contribution in [0.4, 0.5) is 0 Å². The summed E-state index contributed by atoms with van der Waals surface area (Å²) >= 11 is 0. The Balaban J connectivity index is 2.51. The predicted molar refractivity (Wildman–Crippen MR) is 110 cm³/mol. The zero-order chi connectivity index (χ0) is 20.4. The van der Waals surface area contributed by atoms with Crippen LogP contribution in [0.25, 0.3) is 0 Å². The fourth-order valence-corrected chi connectivity index (χ4v) is 2.58. The second-order valence-corrected chi connectivity index (χ2v) is 8.14. The molecule has 3 N–H and O–H groups in total. The molecule has 1 unspecified atom stereocenters. The normalized spacial score (nSPS) is 13.3. The van der Waals surface area contributed by atoms with Crippen molar-refractivity contribution < 1.29 is 9.53 Å². The first-order valence-electron chi connectivity index (χ1n) is 9.46. The molecule has 0 fully saturated rings. The molecule has 1 rings (SSSR count). The molecule has 1 atom stereocenters. The van der Waals surface area contributed by atoms with Crippen molar-refractivity contribution in [3.05, 3.63) is 23.9 Å². The monoisotopic (exact) mass is 377 g/mol. The number of amides is 1. The van der Waals surface area contributed by atoms with Gasteiger partial charge >= 0.3 is 0 Å². The number of ether oxygens (including phenoxy) is 1. The molecule has 152 valence electrons. The van der Waals surface area contributed by atoms with E-state index in [0.29, 0.717) is 24.3 Å². The number of aliphatic imine (C=N–C) groups is 1. The Labute approximate surface area is 163 Å². The topological polar surface area (TPSA) is 87.6 Å². The maximum Gasteiger partial charge on any atom is 0.239 e. The van der Waals surface area contributed by atoms with Crippen molar-refractivity contribution in [3.63, 3.8) is 0 Å². The second kappa shape index (κ2) is 10.7. The number of hydrogen-bond donors (Lipinski definition) is 3. The largest absolute Gasteiger partial charge is 0.475 e. The third-order valence-electron chi connectivity index (χ3n) is 3.54. The molecule has 7 nitrogen and oxygen atoms in total. The molecule has 0 saturated heterocycles. The molecular formula is C20H35N5O2. The molecule has 0 aliphatic heterocycles. The Morgan fingerprint density at radius 1 is 1.26 bits per heavy atom. The Bertz CT molecular complexity index is 623. The minimum Gasteiger partial charge on any atom is -0.475 e. The number of pyridine rings is 1. The molecule has 1 aromatic heterocycles. The van der Waals surface area contributed by atoms with Gasteiger partial charge in [-0.2, -0.15) is 0 Å². The van der Waals surface area contributed by atoms with Gasteiger partial charge in [0.1, 0.15) is 0 Å². The summed E-state index contributed by atoms with van der Waals surface area (Å²) in [6, 6.07) is 3.84. The highest BCUT2D eigenvalue weighted by atomic mass is 16.5. The van der Waals surface area contributed by atoms with Crippen molar-refractivity contribution in [2.24, 2.45) is 10.9 Å². The van der Waals surface area contributed by atoms with E-state index in [-0.39, 0.29) is 24.1 Å². The minimum atomic E-state index is -0.254. The summed E-state index contributed by atoms with van der Waals surface area (Å²) in [6.07, 6.45) is 2.84. The summed E-state index contributed by atoms with van der Waals surface area (Å²) in [5, 5.41) is 9.10. The van der Waals surface area contributed by atoms with Gasteiger partial charge < -0.3 is 20.7 Å². The van der Waals surface area contributed by atoms with Crippen molar-refractivity contribution in [1.29, 1.82) is 0 Å². The molecule has 0 saturated carbocycles. The van der Waals surface area contributed by atoms with E-state index in [1.165, 1.54) is 0 Å². The second-order valence-electron chi connectivity index (χ2n) is 8.14. The number of aromatic nitrogens is 1. The van der Waals surface area contributed by atoms with Crippen LogP contribution in [0.15, 0.2) is 23.3 Å². The van der Waals surface area contributed by atoms with Gasteiger partial charge in [-0.1, -0.05) is 13.8 Å². The molecule has 0 aliphatic carbocycles. The van der Waals surface area contributed by atoms with Crippen molar-refractivity contribution in [2.75, 3.05) is 13.6 Å². The zero-order valence-corrected chi connectivity index (χ0v) is 17.7. The van der Waals surface area contributed by atoms with Gasteiger partial charge in [0.15, 0.2) is 5.96 Å². The molecule has 0 bridgehead atoms. The number of guanidine groups is 1. The van der Waals surface area contributed by atoms with Crippen LogP contribution in [0.1, 0.15) is 53.5 Å². The van der Waals surface area contributed by atoms with Crippen molar-refractivity contribution >= 4 is 11.9 Å². The van der Waals surface area contributed by atoms with E-state index in [1.807, 2.05) is 32.9 Å². The van der Waals surface area contributed by atoms with Crippen LogP contribution in [-0.2, 0) is 11.3 Å². The third kappa shape index (κ3) is 10.4. The summed E-state index contributed by atoms with van der Waals surface area (Å²) in [4.78, 5) is 20.3. The van der Waals surface area contributed by atoms with Crippen molar-refractivity contribution in [3.8, 4) is 5.88 Å². The van der Waals surface area contributed by atoms with Crippen LogP contribution in [0, 0.1) is 5.92 Å². The number of rotatable bonds is 8. The number of nitrogens with zero attached hydrogens (tertiary/aromatic N) is 2. The molecule has 1 aromatic rings. The lowest BCUT2D eigenvalue weighted by molar-refractivity contribution is -0.121. The Morgan fingerprint density at radius 3 is 2.56 bits per heavy atom. The highest BCUT2D eigenvalue weighted by Crippen LogP contribution is 2.14. The molecule has 1 heterocycles. The van der Waals surface area contributed by atoms with Crippen LogP contribution >= 0.6 is 0 Å². The summed E-state index contributed by atoms with van der Waals surface area (Å²) in [7, 11) is 1.67. The van der Waals surface area contributed by atoms with E-state index in [0.717, 1.165) is 12.0 Å². The fourth-order valence-electron chi connectivity index (χ4n) is 2.58. The molecule has 27 heavy (non-hydrogen) atoms.